The molecule has 23 heavy (non-hydrogen) atoms. The van der Waals surface area contributed by atoms with E-state index in [-0.39, 0.29) is 5.71 Å². The number of benzene rings is 1. The van der Waals surface area contributed by atoms with Crippen LogP contribution in [0.3, 0.4) is 0 Å². The maximum atomic E-state index is 12.4. The average molecular weight is 384 g/mol. The Morgan fingerprint density at radius 2 is 1.39 bits per heavy atom. The van der Waals surface area contributed by atoms with Crippen molar-refractivity contribution in [2.24, 2.45) is 4.99 Å². The van der Waals surface area contributed by atoms with Crippen molar-refractivity contribution in [3.05, 3.63) is 35.9 Å². The number of carbonyl (C=O) groups excluding carboxylic acids is 3. The van der Waals surface area contributed by atoms with Crippen LogP contribution in [0.1, 0.15) is 5.56 Å². The molecule has 1 aliphatic rings. The number of rotatable bonds is 4. The van der Waals surface area contributed by atoms with E-state index < -0.39 is 27.8 Å². The van der Waals surface area contributed by atoms with Gasteiger partial charge in [0.1, 0.15) is 0 Å². The fourth-order valence-corrected chi connectivity index (χ4v) is 3.33. The van der Waals surface area contributed by atoms with E-state index in [0.717, 1.165) is 21.3 Å². The molecular formula is C15H14BrNO6. The van der Waals surface area contributed by atoms with Crippen LogP contribution in [-0.4, -0.2) is 54.8 Å². The van der Waals surface area contributed by atoms with E-state index in [0.29, 0.717) is 5.56 Å². The molecule has 1 aromatic carbocycles. The normalized spacial score (nSPS) is 21.5. The molecule has 0 saturated heterocycles. The van der Waals surface area contributed by atoms with Crippen molar-refractivity contribution in [3.8, 4) is 0 Å². The minimum Gasteiger partial charge on any atom is -0.468 e. The Morgan fingerprint density at radius 3 is 1.83 bits per heavy atom. The van der Waals surface area contributed by atoms with Crippen molar-refractivity contribution < 1.29 is 28.6 Å². The van der Waals surface area contributed by atoms with Gasteiger partial charge in [-0.2, -0.15) is 0 Å². The first-order chi connectivity index (χ1) is 10.9. The molecule has 0 saturated carbocycles. The van der Waals surface area contributed by atoms with Gasteiger partial charge in [-0.25, -0.2) is 14.4 Å². The molecule has 1 aliphatic heterocycles. The summed E-state index contributed by atoms with van der Waals surface area (Å²) >= 11 is 3.20. The highest BCUT2D eigenvalue weighted by Gasteiger charge is 2.76. The molecule has 0 spiro atoms. The zero-order chi connectivity index (χ0) is 17.3. The molecule has 0 amide bonds. The van der Waals surface area contributed by atoms with Crippen LogP contribution in [-0.2, 0) is 28.6 Å². The molecule has 0 aliphatic carbocycles. The van der Waals surface area contributed by atoms with Crippen LogP contribution in [0.2, 0.25) is 0 Å². The summed E-state index contributed by atoms with van der Waals surface area (Å²) in [5.41, 5.74) is -1.46. The molecule has 1 atom stereocenters. The molecule has 2 rings (SSSR count). The smallest absolute Gasteiger partial charge is 0.348 e. The Labute approximate surface area is 140 Å². The summed E-state index contributed by atoms with van der Waals surface area (Å²) in [6.07, 6.45) is 0. The van der Waals surface area contributed by atoms with E-state index in [2.05, 4.69) is 30.4 Å². The van der Waals surface area contributed by atoms with Crippen molar-refractivity contribution in [2.75, 3.05) is 21.3 Å². The van der Waals surface area contributed by atoms with Crippen molar-refractivity contribution in [3.63, 3.8) is 0 Å². The van der Waals surface area contributed by atoms with Gasteiger partial charge in [-0.1, -0.05) is 46.3 Å². The topological polar surface area (TPSA) is 91.3 Å². The number of esters is 3. The number of alkyl halides is 1. The van der Waals surface area contributed by atoms with Crippen molar-refractivity contribution >= 4 is 39.5 Å². The summed E-state index contributed by atoms with van der Waals surface area (Å²) in [5, 5.41) is 0. The molecule has 0 N–H and O–H groups in total. The number of hydrogen-bond acceptors (Lipinski definition) is 7. The summed E-state index contributed by atoms with van der Waals surface area (Å²) in [7, 11) is 3.33. The largest absolute Gasteiger partial charge is 0.468 e. The highest BCUT2D eigenvalue weighted by Crippen LogP contribution is 2.49. The maximum Gasteiger partial charge on any atom is 0.348 e. The third kappa shape index (κ3) is 2.16. The Kier molecular flexibility index (Phi) is 4.56. The zero-order valence-corrected chi connectivity index (χ0v) is 14.2. The predicted octanol–water partition coefficient (Wildman–Crippen LogP) is 0.881. The van der Waals surface area contributed by atoms with Crippen LogP contribution >= 0.6 is 15.9 Å². The molecule has 0 radical (unpaired) electrons. The second kappa shape index (κ2) is 6.11. The number of aliphatic imine (C=N–C) groups is 1. The Hall–Kier alpha value is -2.22. The van der Waals surface area contributed by atoms with E-state index >= 15 is 0 Å². The van der Waals surface area contributed by atoms with E-state index in [1.807, 2.05) is 0 Å². The minimum absolute atomic E-state index is 0.181. The zero-order valence-electron chi connectivity index (χ0n) is 12.7. The van der Waals surface area contributed by atoms with Gasteiger partial charge in [-0.15, -0.1) is 0 Å². The van der Waals surface area contributed by atoms with Gasteiger partial charge in [0.15, 0.2) is 0 Å². The van der Waals surface area contributed by atoms with E-state index in [1.54, 1.807) is 30.3 Å². The SMILES string of the molecule is COC(=O)C1(Br)C(c2ccccc2)=NC1(C(=O)OC)C(=O)OC. The van der Waals surface area contributed by atoms with Crippen molar-refractivity contribution in [1.29, 1.82) is 0 Å². The quantitative estimate of drug-likeness (QED) is 0.331. The fraction of sp³-hybridized carbons (Fsp3) is 0.333. The number of carbonyl (C=O) groups is 3. The van der Waals surface area contributed by atoms with Crippen LogP contribution in [0, 0.1) is 0 Å². The van der Waals surface area contributed by atoms with Gasteiger partial charge >= 0.3 is 17.9 Å². The molecule has 0 fully saturated rings. The van der Waals surface area contributed by atoms with Crippen molar-refractivity contribution in [1.82, 2.24) is 0 Å². The lowest BCUT2D eigenvalue weighted by molar-refractivity contribution is -0.167. The van der Waals surface area contributed by atoms with Gasteiger partial charge in [0, 0.05) is 0 Å². The van der Waals surface area contributed by atoms with Gasteiger partial charge in [0.05, 0.1) is 27.0 Å². The summed E-state index contributed by atoms with van der Waals surface area (Å²) < 4.78 is 12.3. The molecule has 1 aromatic rings. The highest BCUT2D eigenvalue weighted by atomic mass is 79.9. The Bertz CT molecular complexity index is 670. The second-order valence-corrected chi connectivity index (χ2v) is 5.86. The maximum absolute atomic E-state index is 12.4. The number of nitrogens with zero attached hydrogens (tertiary/aromatic N) is 1. The van der Waals surface area contributed by atoms with Crippen LogP contribution in [0.5, 0.6) is 0 Å². The molecule has 8 heteroatoms. The van der Waals surface area contributed by atoms with Crippen LogP contribution in [0.4, 0.5) is 0 Å². The Morgan fingerprint density at radius 1 is 0.913 bits per heavy atom. The van der Waals surface area contributed by atoms with Gasteiger partial charge in [-0.05, 0) is 5.56 Å². The third-order valence-electron chi connectivity index (χ3n) is 3.58. The molecule has 0 bridgehead atoms. The first kappa shape index (κ1) is 17.1. The van der Waals surface area contributed by atoms with E-state index in [4.69, 9.17) is 4.74 Å². The molecular weight excluding hydrogens is 370 g/mol. The standard InChI is InChI=1S/C15H14BrNO6/c1-21-11(18)14(16)10(9-7-5-4-6-8-9)17-15(14,12(19)22-2)13(20)23-3/h4-8H,1-3H3. The highest BCUT2D eigenvalue weighted by molar-refractivity contribution is 9.10. The van der Waals surface area contributed by atoms with Crippen LogP contribution in [0.25, 0.3) is 0 Å². The fourth-order valence-electron chi connectivity index (χ4n) is 2.44. The number of methoxy groups -OCH3 is 3. The minimum atomic E-state index is -2.20. The van der Waals surface area contributed by atoms with Gasteiger partial charge in [0.2, 0.25) is 4.32 Å². The lowest BCUT2D eigenvalue weighted by atomic mass is 9.72. The number of ether oxygens (including phenoxy) is 3. The van der Waals surface area contributed by atoms with E-state index in [9.17, 15) is 14.4 Å². The monoisotopic (exact) mass is 383 g/mol. The predicted molar refractivity (Wildman–Crippen MR) is 83.4 cm³/mol. The van der Waals surface area contributed by atoms with E-state index in [1.165, 1.54) is 0 Å². The lowest BCUT2D eigenvalue weighted by Gasteiger charge is -2.46. The molecule has 0 aromatic heterocycles. The molecule has 122 valence electrons. The summed E-state index contributed by atoms with van der Waals surface area (Å²) in [4.78, 5) is 41.0. The number of halogens is 1. The summed E-state index contributed by atoms with van der Waals surface area (Å²) in [6.45, 7) is 0. The molecule has 1 unspecified atom stereocenters. The third-order valence-corrected chi connectivity index (χ3v) is 4.85. The first-order valence-corrected chi connectivity index (χ1v) is 7.29. The summed E-state index contributed by atoms with van der Waals surface area (Å²) in [6, 6.07) is 8.63. The van der Waals surface area contributed by atoms with Gasteiger partial charge in [0.25, 0.3) is 5.54 Å². The van der Waals surface area contributed by atoms with Gasteiger partial charge in [-0.3, -0.25) is 4.99 Å². The average Bonchev–Trinajstić information content (AvgIpc) is 2.59. The van der Waals surface area contributed by atoms with Gasteiger partial charge < -0.3 is 14.2 Å². The Balaban J connectivity index is 2.72. The lowest BCUT2D eigenvalue weighted by Crippen LogP contribution is -2.74. The van der Waals surface area contributed by atoms with Crippen LogP contribution in [0.15, 0.2) is 35.3 Å². The molecule has 7 nitrogen and oxygen atoms in total. The van der Waals surface area contributed by atoms with Crippen LogP contribution < -0.4 is 0 Å². The molecule has 1 heterocycles. The summed E-state index contributed by atoms with van der Waals surface area (Å²) in [5.74, 6) is -2.90. The van der Waals surface area contributed by atoms with Crippen molar-refractivity contribution in [2.45, 2.75) is 9.86 Å². The second-order valence-electron chi connectivity index (χ2n) is 4.67. The number of hydrogen-bond donors (Lipinski definition) is 0. The first-order valence-electron chi connectivity index (χ1n) is 6.50.